The molecule has 2 aromatic carbocycles. The minimum atomic E-state index is -0.340. The fourth-order valence-electron chi connectivity index (χ4n) is 2.90. The van der Waals surface area contributed by atoms with Crippen molar-refractivity contribution < 1.29 is 18.7 Å². The van der Waals surface area contributed by atoms with Gasteiger partial charge in [-0.15, -0.1) is 0 Å². The van der Waals surface area contributed by atoms with E-state index in [1.54, 1.807) is 31.4 Å². The van der Waals surface area contributed by atoms with Gasteiger partial charge in [-0.25, -0.2) is 0 Å². The normalized spacial score (nSPS) is 13.4. The molecule has 0 atom stereocenters. The van der Waals surface area contributed by atoms with Crippen molar-refractivity contribution in [3.8, 4) is 5.75 Å². The predicted octanol–water partition coefficient (Wildman–Crippen LogP) is 3.51. The Kier molecular flexibility index (Phi) is 4.54. The molecule has 0 bridgehead atoms. The number of furan rings is 1. The van der Waals surface area contributed by atoms with Crippen LogP contribution in [0.15, 0.2) is 52.9 Å². The van der Waals surface area contributed by atoms with Gasteiger partial charge in [-0.05, 0) is 42.7 Å². The van der Waals surface area contributed by atoms with Crippen molar-refractivity contribution in [3.05, 3.63) is 59.9 Å². The third-order valence-corrected chi connectivity index (χ3v) is 4.47. The summed E-state index contributed by atoms with van der Waals surface area (Å²) < 4.78 is 10.9. The molecule has 0 unspecified atom stereocenters. The van der Waals surface area contributed by atoms with E-state index in [-0.39, 0.29) is 17.6 Å². The Morgan fingerprint density at radius 3 is 2.63 bits per heavy atom. The Bertz CT molecular complexity index is 987. The minimum Gasteiger partial charge on any atom is -0.493 e. The van der Waals surface area contributed by atoms with E-state index in [4.69, 9.17) is 9.15 Å². The van der Waals surface area contributed by atoms with Crippen LogP contribution in [0.25, 0.3) is 11.0 Å². The van der Waals surface area contributed by atoms with Crippen LogP contribution in [0.4, 0.5) is 5.69 Å². The Labute approximate surface area is 156 Å². The lowest BCUT2D eigenvalue weighted by Gasteiger charge is -2.06. The maximum Gasteiger partial charge on any atom is 0.291 e. The van der Waals surface area contributed by atoms with Crippen LogP contribution in [0.3, 0.4) is 0 Å². The van der Waals surface area contributed by atoms with Crippen LogP contribution in [-0.2, 0) is 11.2 Å². The van der Waals surface area contributed by atoms with Gasteiger partial charge >= 0.3 is 0 Å². The summed E-state index contributed by atoms with van der Waals surface area (Å²) in [5.41, 5.74) is 2.08. The summed E-state index contributed by atoms with van der Waals surface area (Å²) >= 11 is 0. The lowest BCUT2D eigenvalue weighted by Crippen LogP contribution is -2.26. The van der Waals surface area contributed by atoms with Crippen molar-refractivity contribution in [1.29, 1.82) is 0 Å². The van der Waals surface area contributed by atoms with Crippen LogP contribution in [0, 0.1) is 0 Å². The van der Waals surface area contributed by atoms with Gasteiger partial charge < -0.3 is 19.8 Å². The molecule has 0 saturated heterocycles. The smallest absolute Gasteiger partial charge is 0.291 e. The van der Waals surface area contributed by atoms with Gasteiger partial charge in [-0.1, -0.05) is 24.3 Å². The van der Waals surface area contributed by atoms with E-state index in [1.807, 2.05) is 24.3 Å². The predicted molar refractivity (Wildman–Crippen MR) is 102 cm³/mol. The highest BCUT2D eigenvalue weighted by atomic mass is 16.5. The number of hydrogen-bond acceptors (Lipinski definition) is 4. The number of carbonyl (C=O) groups excluding carboxylic acids is 2. The van der Waals surface area contributed by atoms with Gasteiger partial charge in [-0.2, -0.15) is 0 Å². The van der Waals surface area contributed by atoms with Crippen LogP contribution in [0.2, 0.25) is 0 Å². The number of benzene rings is 2. The number of rotatable bonds is 6. The first-order chi connectivity index (χ1) is 13.1. The van der Waals surface area contributed by atoms with E-state index in [1.165, 1.54) is 0 Å². The molecule has 3 aromatic rings. The van der Waals surface area contributed by atoms with Gasteiger partial charge in [0.2, 0.25) is 5.91 Å². The summed E-state index contributed by atoms with van der Waals surface area (Å²) in [5.74, 6) is 0.487. The van der Waals surface area contributed by atoms with Gasteiger partial charge in [0.15, 0.2) is 17.1 Å². The maximum atomic E-state index is 12.5. The number of ether oxygens (including phenoxy) is 1. The van der Waals surface area contributed by atoms with Crippen LogP contribution in [0.5, 0.6) is 5.75 Å². The van der Waals surface area contributed by atoms with E-state index >= 15 is 0 Å². The topological polar surface area (TPSA) is 80.6 Å². The summed E-state index contributed by atoms with van der Waals surface area (Å²) in [6.07, 6.45) is 2.49. The average Bonchev–Trinajstić information content (AvgIpc) is 3.36. The molecule has 6 nitrogen and oxygen atoms in total. The SMILES string of the molecule is COc1cccc2cc(C(=O)Nc3ccc(CC(=O)NC4CC4)cc3)oc12. The molecule has 0 radical (unpaired) electrons. The van der Waals surface area contributed by atoms with Crippen molar-refractivity contribution in [2.75, 3.05) is 12.4 Å². The monoisotopic (exact) mass is 364 g/mol. The van der Waals surface area contributed by atoms with Gasteiger partial charge in [0.05, 0.1) is 13.5 Å². The summed E-state index contributed by atoms with van der Waals surface area (Å²) in [7, 11) is 1.56. The molecule has 0 aliphatic heterocycles. The summed E-state index contributed by atoms with van der Waals surface area (Å²) in [4.78, 5) is 24.3. The third-order valence-electron chi connectivity index (χ3n) is 4.47. The lowest BCUT2D eigenvalue weighted by atomic mass is 10.1. The Balaban J connectivity index is 1.42. The molecule has 4 rings (SSSR count). The first-order valence-electron chi connectivity index (χ1n) is 8.88. The van der Waals surface area contributed by atoms with Crippen molar-refractivity contribution in [2.45, 2.75) is 25.3 Å². The number of carbonyl (C=O) groups is 2. The van der Waals surface area contributed by atoms with Gasteiger partial charge in [0.1, 0.15) is 0 Å². The number of anilines is 1. The molecule has 1 saturated carbocycles. The zero-order valence-corrected chi connectivity index (χ0v) is 15.0. The van der Waals surface area contributed by atoms with Crippen LogP contribution in [0.1, 0.15) is 29.0 Å². The Hall–Kier alpha value is -3.28. The van der Waals surface area contributed by atoms with E-state index in [0.717, 1.165) is 23.8 Å². The molecule has 2 N–H and O–H groups in total. The van der Waals surface area contributed by atoms with E-state index < -0.39 is 0 Å². The summed E-state index contributed by atoms with van der Waals surface area (Å²) in [6, 6.07) is 14.8. The van der Waals surface area contributed by atoms with Crippen molar-refractivity contribution >= 4 is 28.5 Å². The van der Waals surface area contributed by atoms with Gasteiger partial charge in [0, 0.05) is 17.1 Å². The van der Waals surface area contributed by atoms with Crippen molar-refractivity contribution in [1.82, 2.24) is 5.32 Å². The van der Waals surface area contributed by atoms with E-state index in [9.17, 15) is 9.59 Å². The quantitative estimate of drug-likeness (QED) is 0.701. The first-order valence-corrected chi connectivity index (χ1v) is 8.88. The molecule has 1 aliphatic carbocycles. The van der Waals surface area contributed by atoms with Gasteiger partial charge in [0.25, 0.3) is 5.91 Å². The fourth-order valence-corrected chi connectivity index (χ4v) is 2.90. The zero-order chi connectivity index (χ0) is 18.8. The highest BCUT2D eigenvalue weighted by molar-refractivity contribution is 6.05. The van der Waals surface area contributed by atoms with E-state index in [0.29, 0.717) is 29.5 Å². The summed E-state index contributed by atoms with van der Waals surface area (Å²) in [5, 5.41) is 6.57. The molecule has 1 fully saturated rings. The first kappa shape index (κ1) is 17.1. The molecule has 1 aromatic heterocycles. The molecule has 2 amide bonds. The van der Waals surface area contributed by atoms with Crippen molar-refractivity contribution in [3.63, 3.8) is 0 Å². The molecule has 138 valence electrons. The van der Waals surface area contributed by atoms with Gasteiger partial charge in [-0.3, -0.25) is 9.59 Å². The largest absolute Gasteiger partial charge is 0.493 e. The number of para-hydroxylation sites is 1. The molecule has 1 aliphatic rings. The van der Waals surface area contributed by atoms with Crippen molar-refractivity contribution in [2.24, 2.45) is 0 Å². The number of fused-ring (bicyclic) bond motifs is 1. The Morgan fingerprint density at radius 1 is 1.15 bits per heavy atom. The second-order valence-electron chi connectivity index (χ2n) is 6.66. The summed E-state index contributed by atoms with van der Waals surface area (Å²) in [6.45, 7) is 0. The second kappa shape index (κ2) is 7.15. The van der Waals surface area contributed by atoms with Crippen LogP contribution < -0.4 is 15.4 Å². The second-order valence-corrected chi connectivity index (χ2v) is 6.66. The third kappa shape index (κ3) is 3.95. The molecule has 0 spiro atoms. The van der Waals surface area contributed by atoms with Crippen LogP contribution >= 0.6 is 0 Å². The van der Waals surface area contributed by atoms with E-state index in [2.05, 4.69) is 10.6 Å². The lowest BCUT2D eigenvalue weighted by molar-refractivity contribution is -0.120. The number of amides is 2. The number of methoxy groups -OCH3 is 1. The highest BCUT2D eigenvalue weighted by Crippen LogP contribution is 2.28. The molecular formula is C21H20N2O4. The molecule has 27 heavy (non-hydrogen) atoms. The standard InChI is InChI=1S/C21H20N2O4/c1-26-17-4-2-3-14-12-18(27-20(14)17)21(25)23-16-7-5-13(6-8-16)11-19(24)22-15-9-10-15/h2-8,12,15H,9-11H2,1H3,(H,22,24)(H,23,25). The zero-order valence-electron chi connectivity index (χ0n) is 15.0. The minimum absolute atomic E-state index is 0.0329. The number of nitrogens with one attached hydrogen (secondary N) is 2. The average molecular weight is 364 g/mol. The maximum absolute atomic E-state index is 12.5. The molecular weight excluding hydrogens is 344 g/mol. The molecule has 1 heterocycles. The number of hydrogen-bond donors (Lipinski definition) is 2. The highest BCUT2D eigenvalue weighted by Gasteiger charge is 2.23. The Morgan fingerprint density at radius 2 is 1.93 bits per heavy atom. The molecule has 6 heteroatoms. The fraction of sp³-hybridized carbons (Fsp3) is 0.238. The van der Waals surface area contributed by atoms with Crippen LogP contribution in [-0.4, -0.2) is 25.0 Å².